The van der Waals surface area contributed by atoms with Gasteiger partial charge in [-0.25, -0.2) is 0 Å². The third-order valence-corrected chi connectivity index (χ3v) is 7.00. The highest BCUT2D eigenvalue weighted by Crippen LogP contribution is 2.57. The Labute approximate surface area is 108 Å². The van der Waals surface area contributed by atoms with Crippen LogP contribution in [0.3, 0.4) is 0 Å². The van der Waals surface area contributed by atoms with Crippen LogP contribution in [0.2, 0.25) is 0 Å². The second-order valence-corrected chi connectivity index (χ2v) is 7.99. The SMILES string of the molecule is CN(C)C(=S)SC1C2CC3CC(C2)CC1C3. The molecule has 0 saturated heterocycles. The van der Waals surface area contributed by atoms with Crippen LogP contribution in [-0.2, 0) is 0 Å². The van der Waals surface area contributed by atoms with E-state index in [4.69, 9.17) is 12.2 Å². The van der Waals surface area contributed by atoms with E-state index >= 15 is 0 Å². The molecule has 0 aliphatic heterocycles. The van der Waals surface area contributed by atoms with E-state index in [2.05, 4.69) is 19.0 Å². The second kappa shape index (κ2) is 4.16. The van der Waals surface area contributed by atoms with E-state index in [1.807, 2.05) is 11.8 Å². The van der Waals surface area contributed by atoms with Crippen molar-refractivity contribution >= 4 is 28.3 Å². The van der Waals surface area contributed by atoms with Crippen molar-refractivity contribution in [3.05, 3.63) is 0 Å². The van der Waals surface area contributed by atoms with Gasteiger partial charge < -0.3 is 4.90 Å². The summed E-state index contributed by atoms with van der Waals surface area (Å²) in [5, 5.41) is 0.850. The molecule has 0 amide bonds. The second-order valence-electron chi connectivity index (χ2n) is 6.17. The summed E-state index contributed by atoms with van der Waals surface area (Å²) in [6.45, 7) is 0. The maximum atomic E-state index is 5.47. The van der Waals surface area contributed by atoms with Crippen LogP contribution in [0.5, 0.6) is 0 Å². The summed E-state index contributed by atoms with van der Waals surface area (Å²) in [4.78, 5) is 2.10. The molecule has 0 unspecified atom stereocenters. The van der Waals surface area contributed by atoms with E-state index in [0.29, 0.717) is 0 Å². The molecular weight excluding hydrogens is 234 g/mol. The number of hydrogen-bond donors (Lipinski definition) is 0. The normalized spacial score (nSPS) is 44.8. The van der Waals surface area contributed by atoms with Crippen molar-refractivity contribution in [1.82, 2.24) is 4.90 Å². The molecule has 16 heavy (non-hydrogen) atoms. The Balaban J connectivity index is 1.70. The van der Waals surface area contributed by atoms with Gasteiger partial charge in [0.05, 0.1) is 0 Å². The average molecular weight is 255 g/mol. The van der Waals surface area contributed by atoms with Gasteiger partial charge in [-0.1, -0.05) is 24.0 Å². The van der Waals surface area contributed by atoms with Crippen LogP contribution in [0.1, 0.15) is 32.1 Å². The fraction of sp³-hybridized carbons (Fsp3) is 0.923. The molecule has 4 aliphatic carbocycles. The van der Waals surface area contributed by atoms with Crippen LogP contribution < -0.4 is 0 Å². The Kier molecular flexibility index (Phi) is 2.95. The lowest BCUT2D eigenvalue weighted by molar-refractivity contribution is 0.0270. The molecule has 0 radical (unpaired) electrons. The van der Waals surface area contributed by atoms with Crippen molar-refractivity contribution in [2.45, 2.75) is 37.4 Å². The van der Waals surface area contributed by atoms with Crippen molar-refractivity contribution in [3.8, 4) is 0 Å². The number of rotatable bonds is 1. The number of thiocarbonyl (C=S) groups is 1. The Morgan fingerprint density at radius 2 is 1.50 bits per heavy atom. The van der Waals surface area contributed by atoms with Crippen molar-refractivity contribution in [2.24, 2.45) is 23.7 Å². The molecule has 0 aromatic rings. The van der Waals surface area contributed by atoms with Crippen molar-refractivity contribution in [3.63, 3.8) is 0 Å². The van der Waals surface area contributed by atoms with Gasteiger partial charge >= 0.3 is 0 Å². The van der Waals surface area contributed by atoms with Gasteiger partial charge in [0.25, 0.3) is 0 Å². The monoisotopic (exact) mass is 255 g/mol. The summed E-state index contributed by atoms with van der Waals surface area (Å²) in [6, 6.07) is 0. The molecule has 3 heteroatoms. The molecule has 0 atom stereocenters. The minimum absolute atomic E-state index is 0.850. The van der Waals surface area contributed by atoms with Crippen molar-refractivity contribution in [2.75, 3.05) is 14.1 Å². The Bertz CT molecular complexity index is 272. The maximum Gasteiger partial charge on any atom is 0.136 e. The van der Waals surface area contributed by atoms with Crippen LogP contribution >= 0.6 is 24.0 Å². The van der Waals surface area contributed by atoms with E-state index in [-0.39, 0.29) is 0 Å². The lowest BCUT2D eigenvalue weighted by Crippen LogP contribution is -2.47. The van der Waals surface area contributed by atoms with Crippen LogP contribution in [-0.4, -0.2) is 28.6 Å². The minimum Gasteiger partial charge on any atom is -0.364 e. The standard InChI is InChI=1S/C13H21NS2/c1-14(2)13(15)16-12-10-4-8-3-9(6-10)7-11(12)5-8/h8-12H,3-7H2,1-2H3. The zero-order valence-electron chi connectivity index (χ0n) is 10.2. The zero-order chi connectivity index (χ0) is 11.3. The zero-order valence-corrected chi connectivity index (χ0v) is 11.8. The quantitative estimate of drug-likeness (QED) is 0.661. The van der Waals surface area contributed by atoms with Crippen molar-refractivity contribution in [1.29, 1.82) is 0 Å². The lowest BCUT2D eigenvalue weighted by atomic mass is 9.56. The summed E-state index contributed by atoms with van der Waals surface area (Å²) in [6.07, 6.45) is 7.55. The largest absolute Gasteiger partial charge is 0.364 e. The molecule has 4 saturated carbocycles. The molecule has 1 nitrogen and oxygen atoms in total. The average Bonchev–Trinajstić information content (AvgIpc) is 2.21. The molecule has 90 valence electrons. The first-order valence-electron chi connectivity index (χ1n) is 6.51. The predicted octanol–water partition coefficient (Wildman–Crippen LogP) is 3.39. The molecule has 0 spiro atoms. The topological polar surface area (TPSA) is 3.24 Å². The molecule has 4 aliphatic rings. The minimum atomic E-state index is 0.850. The van der Waals surface area contributed by atoms with Gasteiger partial charge in [-0.2, -0.15) is 0 Å². The number of nitrogens with zero attached hydrogens (tertiary/aromatic N) is 1. The first-order chi connectivity index (χ1) is 7.63. The summed E-state index contributed by atoms with van der Waals surface area (Å²) >= 11 is 7.47. The third kappa shape index (κ3) is 1.90. The van der Waals surface area contributed by atoms with Crippen LogP contribution in [0, 0.1) is 23.7 Å². The number of hydrogen-bond acceptors (Lipinski definition) is 2. The molecule has 4 bridgehead atoms. The molecule has 0 heterocycles. The van der Waals surface area contributed by atoms with Crippen LogP contribution in [0.25, 0.3) is 0 Å². The van der Waals surface area contributed by atoms with Gasteiger partial charge in [-0.3, -0.25) is 0 Å². The van der Waals surface area contributed by atoms with E-state index in [1.165, 1.54) is 25.7 Å². The third-order valence-electron chi connectivity index (χ3n) is 4.74. The molecule has 0 aromatic heterocycles. The lowest BCUT2D eigenvalue weighted by Gasteiger charge is -2.54. The van der Waals surface area contributed by atoms with Gasteiger partial charge in [-0.05, 0) is 55.8 Å². The first kappa shape index (κ1) is 11.3. The summed E-state index contributed by atoms with van der Waals surface area (Å²) < 4.78 is 1.09. The van der Waals surface area contributed by atoms with E-state index in [0.717, 1.165) is 33.2 Å². The van der Waals surface area contributed by atoms with Crippen molar-refractivity contribution < 1.29 is 0 Å². The highest BCUT2D eigenvalue weighted by Gasteiger charge is 2.48. The molecule has 4 fully saturated rings. The molecule has 0 N–H and O–H groups in total. The van der Waals surface area contributed by atoms with Crippen LogP contribution in [0.4, 0.5) is 0 Å². The molecular formula is C13H21NS2. The Hall–Kier alpha value is 0.240. The summed E-state index contributed by atoms with van der Waals surface area (Å²) in [5.41, 5.74) is 0. The Morgan fingerprint density at radius 1 is 1.00 bits per heavy atom. The maximum absolute atomic E-state index is 5.47. The van der Waals surface area contributed by atoms with Gasteiger partial charge in [0.1, 0.15) is 4.32 Å². The van der Waals surface area contributed by atoms with E-state index < -0.39 is 0 Å². The smallest absolute Gasteiger partial charge is 0.136 e. The number of thioether (sulfide) groups is 1. The molecule has 0 aromatic carbocycles. The summed E-state index contributed by atoms with van der Waals surface area (Å²) in [5.74, 6) is 4.12. The summed E-state index contributed by atoms with van der Waals surface area (Å²) in [7, 11) is 4.15. The van der Waals surface area contributed by atoms with Gasteiger partial charge in [0.2, 0.25) is 0 Å². The first-order valence-corrected chi connectivity index (χ1v) is 7.80. The fourth-order valence-corrected chi connectivity index (χ4v) is 5.90. The van der Waals surface area contributed by atoms with Gasteiger partial charge in [0, 0.05) is 19.3 Å². The highest BCUT2D eigenvalue weighted by molar-refractivity contribution is 8.23. The van der Waals surface area contributed by atoms with Crippen LogP contribution in [0.15, 0.2) is 0 Å². The van der Waals surface area contributed by atoms with E-state index in [9.17, 15) is 0 Å². The molecule has 4 rings (SSSR count). The Morgan fingerprint density at radius 3 is 1.94 bits per heavy atom. The highest BCUT2D eigenvalue weighted by atomic mass is 32.2. The fourth-order valence-electron chi connectivity index (χ4n) is 4.29. The van der Waals surface area contributed by atoms with E-state index in [1.54, 1.807) is 6.42 Å². The predicted molar refractivity (Wildman–Crippen MR) is 74.7 cm³/mol. The van der Waals surface area contributed by atoms with Gasteiger partial charge in [0.15, 0.2) is 0 Å². The van der Waals surface area contributed by atoms with Gasteiger partial charge in [-0.15, -0.1) is 0 Å².